The molecule has 1 aromatic heterocycles. The predicted octanol–water partition coefficient (Wildman–Crippen LogP) is 1.64. The fraction of sp³-hybridized carbons (Fsp3) is 0.571. The summed E-state index contributed by atoms with van der Waals surface area (Å²) in [5, 5.41) is 3.56. The summed E-state index contributed by atoms with van der Waals surface area (Å²) >= 11 is -2.31. The van der Waals surface area contributed by atoms with Crippen LogP contribution in [-0.2, 0) is 17.6 Å². The van der Waals surface area contributed by atoms with E-state index in [4.69, 9.17) is 4.55 Å². The van der Waals surface area contributed by atoms with Gasteiger partial charge in [-0.15, -0.1) is 0 Å². The molecule has 0 radical (unpaired) electrons. The van der Waals surface area contributed by atoms with Gasteiger partial charge in [-0.25, -0.2) is 4.21 Å². The van der Waals surface area contributed by atoms with Crippen molar-refractivity contribution >= 4 is 11.1 Å². The molecule has 0 aromatic carbocycles. The maximum absolute atomic E-state index is 12.1. The Morgan fingerprint density at radius 1 is 1.47 bits per heavy atom. The number of alkyl halides is 3. The zero-order valence-corrected chi connectivity index (χ0v) is 8.82. The summed E-state index contributed by atoms with van der Waals surface area (Å²) in [7, 11) is 0. The third-order valence-corrected chi connectivity index (χ3v) is 2.76. The van der Waals surface area contributed by atoms with Gasteiger partial charge in [0.2, 0.25) is 0 Å². The van der Waals surface area contributed by atoms with E-state index < -0.39 is 23.8 Å². The quantitative estimate of drug-likeness (QED) is 0.802. The van der Waals surface area contributed by atoms with Crippen LogP contribution in [0.5, 0.6) is 0 Å². The first-order valence-electron chi connectivity index (χ1n) is 3.94. The molecule has 1 rings (SSSR count). The summed E-state index contributed by atoms with van der Waals surface area (Å²) < 4.78 is 56.5. The highest BCUT2D eigenvalue weighted by Crippen LogP contribution is 2.22. The third-order valence-electron chi connectivity index (χ3n) is 1.82. The first-order valence-corrected chi connectivity index (χ1v) is 5.04. The molecule has 0 aliphatic rings. The van der Waals surface area contributed by atoms with E-state index in [1.54, 1.807) is 0 Å². The summed E-state index contributed by atoms with van der Waals surface area (Å²) in [6, 6.07) is 0. The van der Waals surface area contributed by atoms with Crippen LogP contribution < -0.4 is 0 Å². The summed E-state index contributed by atoms with van der Waals surface area (Å²) in [5.74, 6) is 0. The minimum atomic E-state index is -4.39. The lowest BCUT2D eigenvalue weighted by atomic mass is 10.4. The molecule has 1 unspecified atom stereocenters. The number of nitrogens with zero attached hydrogens (tertiary/aromatic N) is 2. The van der Waals surface area contributed by atoms with Crippen molar-refractivity contribution in [2.75, 3.05) is 0 Å². The molecule has 0 saturated heterocycles. The average molecular weight is 242 g/mol. The third kappa shape index (κ3) is 2.78. The standard InChI is InChI=1S/C7H9F3N2O2S/c1-4-6(15(13)14)5(2)12(11-4)3-7(8,9)10/h3H2,1-2H3,(H,13,14). The van der Waals surface area contributed by atoms with Crippen LogP contribution in [-0.4, -0.2) is 24.7 Å². The van der Waals surface area contributed by atoms with Gasteiger partial charge in [0.1, 0.15) is 11.4 Å². The number of rotatable bonds is 2. The molecule has 0 aliphatic carbocycles. The fourth-order valence-corrected chi connectivity index (χ4v) is 1.91. The number of hydrogen-bond acceptors (Lipinski definition) is 2. The maximum Gasteiger partial charge on any atom is 0.408 e. The van der Waals surface area contributed by atoms with E-state index >= 15 is 0 Å². The lowest BCUT2D eigenvalue weighted by Crippen LogP contribution is -2.19. The van der Waals surface area contributed by atoms with E-state index in [-0.39, 0.29) is 16.3 Å². The summed E-state index contributed by atoms with van der Waals surface area (Å²) in [6.07, 6.45) is -4.39. The highest BCUT2D eigenvalue weighted by atomic mass is 32.2. The van der Waals surface area contributed by atoms with Crippen LogP contribution in [0.1, 0.15) is 11.4 Å². The van der Waals surface area contributed by atoms with Gasteiger partial charge in [0.15, 0.2) is 11.1 Å². The van der Waals surface area contributed by atoms with Crippen molar-refractivity contribution in [3.63, 3.8) is 0 Å². The minimum Gasteiger partial charge on any atom is -0.302 e. The van der Waals surface area contributed by atoms with E-state index in [9.17, 15) is 17.4 Å². The Balaban J connectivity index is 3.13. The molecule has 15 heavy (non-hydrogen) atoms. The highest BCUT2D eigenvalue weighted by Gasteiger charge is 2.30. The molecule has 1 aromatic rings. The van der Waals surface area contributed by atoms with Crippen LogP contribution in [0.4, 0.5) is 13.2 Å². The minimum absolute atomic E-state index is 0.0562. The van der Waals surface area contributed by atoms with E-state index in [1.807, 2.05) is 0 Å². The van der Waals surface area contributed by atoms with Gasteiger partial charge in [-0.3, -0.25) is 4.68 Å². The van der Waals surface area contributed by atoms with Gasteiger partial charge in [-0.1, -0.05) is 0 Å². The number of aromatic nitrogens is 2. The lowest BCUT2D eigenvalue weighted by Gasteiger charge is -2.07. The topological polar surface area (TPSA) is 55.1 Å². The molecule has 0 fully saturated rings. The number of halogens is 3. The van der Waals surface area contributed by atoms with Crippen molar-refractivity contribution in [3.05, 3.63) is 11.4 Å². The van der Waals surface area contributed by atoms with Crippen molar-refractivity contribution in [2.45, 2.75) is 31.5 Å². The molecule has 4 nitrogen and oxygen atoms in total. The average Bonchev–Trinajstić information content (AvgIpc) is 2.23. The fourth-order valence-electron chi connectivity index (χ4n) is 1.26. The maximum atomic E-state index is 12.1. The van der Waals surface area contributed by atoms with Crippen molar-refractivity contribution in [2.24, 2.45) is 0 Å². The molecular weight excluding hydrogens is 233 g/mol. The predicted molar refractivity (Wildman–Crippen MR) is 46.8 cm³/mol. The van der Waals surface area contributed by atoms with Gasteiger partial charge >= 0.3 is 6.18 Å². The van der Waals surface area contributed by atoms with E-state index in [0.717, 1.165) is 0 Å². The van der Waals surface area contributed by atoms with Gasteiger partial charge < -0.3 is 4.55 Å². The molecule has 86 valence electrons. The Morgan fingerprint density at radius 2 is 2.00 bits per heavy atom. The smallest absolute Gasteiger partial charge is 0.302 e. The lowest BCUT2D eigenvalue weighted by molar-refractivity contribution is -0.143. The summed E-state index contributed by atoms with van der Waals surface area (Å²) in [6.45, 7) is 1.47. The Morgan fingerprint density at radius 3 is 2.33 bits per heavy atom. The Hall–Kier alpha value is -0.890. The highest BCUT2D eigenvalue weighted by molar-refractivity contribution is 7.79. The van der Waals surface area contributed by atoms with Crippen LogP contribution in [0.15, 0.2) is 4.90 Å². The Labute approximate surface area is 86.4 Å². The first kappa shape index (κ1) is 12.2. The molecule has 8 heteroatoms. The van der Waals surface area contributed by atoms with Gasteiger partial charge in [0.25, 0.3) is 0 Å². The second-order valence-corrected chi connectivity index (χ2v) is 3.93. The monoisotopic (exact) mass is 242 g/mol. The van der Waals surface area contributed by atoms with Crippen LogP contribution >= 0.6 is 0 Å². The molecule has 1 N–H and O–H groups in total. The largest absolute Gasteiger partial charge is 0.408 e. The SMILES string of the molecule is Cc1nn(CC(F)(F)F)c(C)c1S(=O)O. The molecular formula is C7H9F3N2O2S. The van der Waals surface area contributed by atoms with Crippen molar-refractivity contribution in [1.29, 1.82) is 0 Å². The molecule has 0 bridgehead atoms. The van der Waals surface area contributed by atoms with E-state index in [1.165, 1.54) is 13.8 Å². The van der Waals surface area contributed by atoms with Crippen LogP contribution in [0, 0.1) is 13.8 Å². The van der Waals surface area contributed by atoms with Crippen LogP contribution in [0.2, 0.25) is 0 Å². The molecule has 0 aliphatic heterocycles. The second kappa shape index (κ2) is 3.93. The zero-order valence-electron chi connectivity index (χ0n) is 8.00. The second-order valence-electron chi connectivity index (χ2n) is 3.02. The normalized spacial score (nSPS) is 14.3. The van der Waals surface area contributed by atoms with Crippen molar-refractivity contribution in [1.82, 2.24) is 9.78 Å². The molecule has 1 heterocycles. The number of hydrogen-bond donors (Lipinski definition) is 1. The summed E-state index contributed by atoms with van der Waals surface area (Å²) in [5.41, 5.74) is 0.197. The Bertz CT molecular complexity index is 400. The Kier molecular flexibility index (Phi) is 3.19. The molecule has 0 amide bonds. The zero-order chi connectivity index (χ0) is 11.8. The van der Waals surface area contributed by atoms with E-state index in [2.05, 4.69) is 5.10 Å². The molecule has 0 saturated carbocycles. The van der Waals surface area contributed by atoms with E-state index in [0.29, 0.717) is 4.68 Å². The summed E-state index contributed by atoms with van der Waals surface area (Å²) in [4.78, 5) is -0.0562. The van der Waals surface area contributed by atoms with Gasteiger partial charge in [0, 0.05) is 0 Å². The van der Waals surface area contributed by atoms with Crippen LogP contribution in [0.3, 0.4) is 0 Å². The first-order chi connectivity index (χ1) is 6.72. The number of aryl methyl sites for hydroxylation is 1. The molecule has 0 spiro atoms. The van der Waals surface area contributed by atoms with Crippen LogP contribution in [0.25, 0.3) is 0 Å². The van der Waals surface area contributed by atoms with Crippen molar-refractivity contribution in [3.8, 4) is 0 Å². The van der Waals surface area contributed by atoms with Gasteiger partial charge in [-0.2, -0.15) is 18.3 Å². The van der Waals surface area contributed by atoms with Gasteiger partial charge in [0.05, 0.1) is 11.4 Å². The van der Waals surface area contributed by atoms with Gasteiger partial charge in [-0.05, 0) is 13.8 Å². The van der Waals surface area contributed by atoms with Crippen molar-refractivity contribution < 1.29 is 21.9 Å². The molecule has 1 atom stereocenters.